The molecule has 0 spiro atoms. The summed E-state index contributed by atoms with van der Waals surface area (Å²) in [5.74, 6) is -0.0747. The number of hydrogen-bond acceptors (Lipinski definition) is 4. The number of ether oxygens (including phenoxy) is 1. The van der Waals surface area contributed by atoms with Crippen LogP contribution >= 0.6 is 11.3 Å². The summed E-state index contributed by atoms with van der Waals surface area (Å²) in [6.07, 6.45) is 1.70. The first-order valence-corrected chi connectivity index (χ1v) is 6.12. The van der Waals surface area contributed by atoms with Gasteiger partial charge in [-0.1, -0.05) is 6.07 Å². The van der Waals surface area contributed by atoms with Gasteiger partial charge in [-0.25, -0.2) is 9.37 Å². The van der Waals surface area contributed by atoms with Crippen molar-refractivity contribution in [2.45, 2.75) is 13.2 Å². The van der Waals surface area contributed by atoms with Crippen LogP contribution in [0.1, 0.15) is 10.6 Å². The maximum Gasteiger partial charge on any atom is 0.165 e. The molecular formula is C12H13FN2OS. The molecule has 0 bridgehead atoms. The smallest absolute Gasteiger partial charge is 0.165 e. The molecule has 3 nitrogen and oxygen atoms in total. The van der Waals surface area contributed by atoms with Gasteiger partial charge in [-0.05, 0) is 24.7 Å². The van der Waals surface area contributed by atoms with Crippen molar-refractivity contribution in [3.8, 4) is 5.75 Å². The van der Waals surface area contributed by atoms with Crippen LogP contribution in [0.2, 0.25) is 0 Å². The number of halogens is 1. The van der Waals surface area contributed by atoms with E-state index in [1.165, 1.54) is 17.4 Å². The molecular weight excluding hydrogens is 239 g/mol. The lowest BCUT2D eigenvalue weighted by atomic mass is 10.2. The minimum atomic E-state index is -0.339. The summed E-state index contributed by atoms with van der Waals surface area (Å²) in [7, 11) is 1.82. The van der Waals surface area contributed by atoms with E-state index >= 15 is 0 Å². The van der Waals surface area contributed by atoms with Gasteiger partial charge in [-0.15, -0.1) is 11.3 Å². The molecule has 0 saturated heterocycles. The summed E-state index contributed by atoms with van der Waals surface area (Å²) >= 11 is 1.49. The highest BCUT2D eigenvalue weighted by Crippen LogP contribution is 2.20. The molecule has 0 aliphatic rings. The lowest BCUT2D eigenvalue weighted by molar-refractivity contribution is 0.289. The molecule has 0 atom stereocenters. The molecule has 1 aromatic carbocycles. The van der Waals surface area contributed by atoms with Gasteiger partial charge >= 0.3 is 0 Å². The lowest BCUT2D eigenvalue weighted by Gasteiger charge is -2.07. The normalized spacial score (nSPS) is 10.5. The van der Waals surface area contributed by atoms with Crippen molar-refractivity contribution in [3.63, 3.8) is 0 Å². The second kappa shape index (κ2) is 5.75. The minimum absolute atomic E-state index is 0.264. The molecule has 0 fully saturated rings. The van der Waals surface area contributed by atoms with Gasteiger partial charge in [-0.2, -0.15) is 0 Å². The second-order valence-corrected chi connectivity index (χ2v) is 4.49. The number of nitrogens with zero attached hydrogens (tertiary/aromatic N) is 1. The van der Waals surface area contributed by atoms with Crippen LogP contribution in [0.3, 0.4) is 0 Å². The van der Waals surface area contributed by atoms with E-state index in [9.17, 15) is 4.39 Å². The highest BCUT2D eigenvalue weighted by atomic mass is 32.1. The van der Waals surface area contributed by atoms with Crippen LogP contribution in [-0.4, -0.2) is 12.0 Å². The number of thiazole rings is 1. The fraction of sp³-hybridized carbons (Fsp3) is 0.250. The molecule has 0 aliphatic heterocycles. The van der Waals surface area contributed by atoms with Crippen LogP contribution in [0.4, 0.5) is 4.39 Å². The van der Waals surface area contributed by atoms with Crippen LogP contribution in [0.15, 0.2) is 29.8 Å². The first-order valence-electron chi connectivity index (χ1n) is 5.24. The molecule has 0 unspecified atom stereocenters. The predicted molar refractivity (Wildman–Crippen MR) is 65.6 cm³/mol. The van der Waals surface area contributed by atoms with Gasteiger partial charge in [0.05, 0.1) is 0 Å². The van der Waals surface area contributed by atoms with E-state index in [0.29, 0.717) is 13.2 Å². The summed E-state index contributed by atoms with van der Waals surface area (Å²) in [6.45, 7) is 0.948. The van der Waals surface area contributed by atoms with Crippen LogP contribution in [-0.2, 0) is 13.2 Å². The SMILES string of the molecule is CNCc1ccc(OCc2nccs2)c(F)c1. The molecule has 0 aliphatic carbocycles. The van der Waals surface area contributed by atoms with Crippen molar-refractivity contribution in [3.05, 3.63) is 46.2 Å². The predicted octanol–water partition coefficient (Wildman–Crippen LogP) is 2.58. The Morgan fingerprint density at radius 1 is 1.47 bits per heavy atom. The fourth-order valence-corrected chi connectivity index (χ4v) is 1.97. The van der Waals surface area contributed by atoms with Gasteiger partial charge in [0.25, 0.3) is 0 Å². The number of nitrogens with one attached hydrogen (secondary N) is 1. The van der Waals surface area contributed by atoms with E-state index in [4.69, 9.17) is 4.74 Å². The summed E-state index contributed by atoms with van der Waals surface area (Å²) in [5, 5.41) is 5.67. The Labute approximate surface area is 103 Å². The Morgan fingerprint density at radius 2 is 2.35 bits per heavy atom. The number of hydrogen-bond donors (Lipinski definition) is 1. The fourth-order valence-electron chi connectivity index (χ4n) is 1.44. The van der Waals surface area contributed by atoms with E-state index < -0.39 is 0 Å². The molecule has 0 radical (unpaired) electrons. The Kier molecular flexibility index (Phi) is 4.06. The van der Waals surface area contributed by atoms with E-state index in [2.05, 4.69) is 10.3 Å². The molecule has 1 N–H and O–H groups in total. The zero-order valence-corrected chi connectivity index (χ0v) is 10.3. The van der Waals surface area contributed by atoms with Crippen LogP contribution in [0.5, 0.6) is 5.75 Å². The first-order chi connectivity index (χ1) is 8.29. The molecule has 1 heterocycles. The number of benzene rings is 1. The second-order valence-electron chi connectivity index (χ2n) is 3.51. The van der Waals surface area contributed by atoms with Gasteiger partial charge in [0.2, 0.25) is 0 Å². The van der Waals surface area contributed by atoms with Crippen molar-refractivity contribution in [2.24, 2.45) is 0 Å². The molecule has 0 amide bonds. The molecule has 5 heteroatoms. The first kappa shape index (κ1) is 12.0. The van der Waals surface area contributed by atoms with Gasteiger partial charge in [-0.3, -0.25) is 0 Å². The monoisotopic (exact) mass is 252 g/mol. The van der Waals surface area contributed by atoms with Crippen LogP contribution < -0.4 is 10.1 Å². The molecule has 1 aromatic heterocycles. The molecule has 17 heavy (non-hydrogen) atoms. The van der Waals surface area contributed by atoms with Gasteiger partial charge in [0.1, 0.15) is 11.6 Å². The number of aromatic nitrogens is 1. The van der Waals surface area contributed by atoms with Gasteiger partial charge in [0.15, 0.2) is 11.6 Å². The topological polar surface area (TPSA) is 34.1 Å². The van der Waals surface area contributed by atoms with Gasteiger partial charge < -0.3 is 10.1 Å². The summed E-state index contributed by atoms with van der Waals surface area (Å²) in [4.78, 5) is 4.07. The average Bonchev–Trinajstić information content (AvgIpc) is 2.81. The molecule has 0 saturated carbocycles. The minimum Gasteiger partial charge on any atom is -0.483 e. The van der Waals surface area contributed by atoms with Gasteiger partial charge in [0, 0.05) is 18.1 Å². The van der Waals surface area contributed by atoms with Crippen LogP contribution in [0.25, 0.3) is 0 Å². The highest BCUT2D eigenvalue weighted by molar-refractivity contribution is 7.09. The third-order valence-corrected chi connectivity index (χ3v) is 2.96. The van der Waals surface area contributed by atoms with E-state index in [0.717, 1.165) is 10.6 Å². The van der Waals surface area contributed by atoms with E-state index in [1.807, 2.05) is 18.5 Å². The average molecular weight is 252 g/mol. The summed E-state index contributed by atoms with van der Waals surface area (Å²) in [6, 6.07) is 4.97. The molecule has 90 valence electrons. The third kappa shape index (κ3) is 3.25. The highest BCUT2D eigenvalue weighted by Gasteiger charge is 2.05. The van der Waals surface area contributed by atoms with E-state index in [-0.39, 0.29) is 11.6 Å². The maximum absolute atomic E-state index is 13.6. The largest absolute Gasteiger partial charge is 0.483 e. The van der Waals surface area contributed by atoms with Crippen molar-refractivity contribution in [1.29, 1.82) is 0 Å². The summed E-state index contributed by atoms with van der Waals surface area (Å²) in [5.41, 5.74) is 0.895. The maximum atomic E-state index is 13.6. The molecule has 2 aromatic rings. The van der Waals surface area contributed by atoms with Crippen molar-refractivity contribution >= 4 is 11.3 Å². The summed E-state index contributed by atoms with van der Waals surface area (Å²) < 4.78 is 19.0. The zero-order valence-electron chi connectivity index (χ0n) is 9.44. The number of rotatable bonds is 5. The van der Waals surface area contributed by atoms with Crippen LogP contribution in [0, 0.1) is 5.82 Å². The Hall–Kier alpha value is -1.46. The van der Waals surface area contributed by atoms with Crippen molar-refractivity contribution in [1.82, 2.24) is 10.3 Å². The standard InChI is InChI=1S/C12H13FN2OS/c1-14-7-9-2-3-11(10(13)6-9)16-8-12-15-4-5-17-12/h2-6,14H,7-8H2,1H3. The quantitative estimate of drug-likeness (QED) is 0.888. The van der Waals surface area contributed by atoms with E-state index in [1.54, 1.807) is 12.3 Å². The van der Waals surface area contributed by atoms with Crippen molar-refractivity contribution in [2.75, 3.05) is 7.05 Å². The third-order valence-electron chi connectivity index (χ3n) is 2.21. The lowest BCUT2D eigenvalue weighted by Crippen LogP contribution is -2.05. The Morgan fingerprint density at radius 3 is 3.00 bits per heavy atom. The Balaban J connectivity index is 2.01. The van der Waals surface area contributed by atoms with Crippen molar-refractivity contribution < 1.29 is 9.13 Å². The molecule has 2 rings (SSSR count). The zero-order chi connectivity index (χ0) is 12.1. The Bertz CT molecular complexity index is 473.